The van der Waals surface area contributed by atoms with Gasteiger partial charge in [-0.2, -0.15) is 4.98 Å². The van der Waals surface area contributed by atoms with E-state index in [0.29, 0.717) is 6.42 Å². The molecule has 2 rings (SSSR count). The van der Waals surface area contributed by atoms with E-state index in [4.69, 9.17) is 28.4 Å². The molecule has 0 aromatic carbocycles. The second kappa shape index (κ2) is 13.7. The van der Waals surface area contributed by atoms with Crippen LogP contribution in [0.1, 0.15) is 57.8 Å². The fraction of sp³-hybridized carbons (Fsp3) is 0.625. The van der Waals surface area contributed by atoms with Crippen LogP contribution in [0.25, 0.3) is 0 Å². The summed E-state index contributed by atoms with van der Waals surface area (Å²) in [6.45, 7) is 5.72. The number of Topliss-reactive ketones (excluding diaryl/α,β-unsaturated/α-hetero) is 1. The van der Waals surface area contributed by atoms with Crippen molar-refractivity contribution < 1.29 is 52.4 Å². The number of ketones is 1. The topological polar surface area (TPSA) is 188 Å². The van der Waals surface area contributed by atoms with Crippen LogP contribution in [-0.2, 0) is 49.9 Å². The smallest absolute Gasteiger partial charge is 0.303 e. The van der Waals surface area contributed by atoms with Crippen molar-refractivity contribution in [3.63, 3.8) is 0 Å². The highest BCUT2D eigenvalue weighted by atomic mass is 16.7. The number of hydrogen-bond acceptors (Lipinski definition) is 14. The van der Waals surface area contributed by atoms with Gasteiger partial charge in [-0.1, -0.05) is 6.92 Å². The first-order valence-electron chi connectivity index (χ1n) is 12.1. The zero-order valence-electron chi connectivity index (χ0n) is 22.8. The van der Waals surface area contributed by atoms with Crippen molar-refractivity contribution in [1.82, 2.24) is 9.55 Å². The van der Waals surface area contributed by atoms with Crippen molar-refractivity contribution in [2.24, 2.45) is 7.05 Å². The Bertz CT molecular complexity index is 1160. The maximum atomic E-state index is 13.1. The second-order valence-corrected chi connectivity index (χ2v) is 8.62. The quantitative estimate of drug-likeness (QED) is 0.222. The molecule has 1 aliphatic rings. The SMILES string of the molecule is CCCC(=O)c1c(N[C@@H]2O[C@H](COC(C)=O)[C@@H](OC(C)=O)[C@H](OC(C)=O)[C@H]2OC(C)=O)nc(OC)n(C)c1=O. The molecule has 2 heterocycles. The van der Waals surface area contributed by atoms with Crippen molar-refractivity contribution in [2.45, 2.75) is 78.1 Å². The van der Waals surface area contributed by atoms with Crippen molar-refractivity contribution in [3.8, 4) is 6.01 Å². The molecule has 15 nitrogen and oxygen atoms in total. The van der Waals surface area contributed by atoms with Crippen LogP contribution in [0.5, 0.6) is 6.01 Å². The minimum absolute atomic E-state index is 0.0243. The molecule has 1 saturated heterocycles. The third-order valence-electron chi connectivity index (χ3n) is 5.46. The minimum atomic E-state index is -1.48. The van der Waals surface area contributed by atoms with Crippen molar-refractivity contribution in [3.05, 3.63) is 15.9 Å². The van der Waals surface area contributed by atoms with Crippen LogP contribution in [0.2, 0.25) is 0 Å². The lowest BCUT2D eigenvalue weighted by Crippen LogP contribution is -2.64. The van der Waals surface area contributed by atoms with Gasteiger partial charge in [-0.05, 0) is 6.42 Å². The molecule has 1 fully saturated rings. The molecule has 216 valence electrons. The van der Waals surface area contributed by atoms with Gasteiger partial charge in [-0.25, -0.2) is 0 Å². The predicted octanol–water partition coefficient (Wildman–Crippen LogP) is 0.267. The molecule has 0 spiro atoms. The summed E-state index contributed by atoms with van der Waals surface area (Å²) < 4.78 is 33.4. The van der Waals surface area contributed by atoms with Crippen molar-refractivity contribution in [2.75, 3.05) is 19.0 Å². The van der Waals surface area contributed by atoms with Gasteiger partial charge in [0.25, 0.3) is 5.56 Å². The number of nitrogens with one attached hydrogen (secondary N) is 1. The molecule has 0 aliphatic carbocycles. The van der Waals surface area contributed by atoms with Gasteiger partial charge < -0.3 is 33.7 Å². The first kappa shape index (κ1) is 31.2. The molecule has 5 atom stereocenters. The lowest BCUT2D eigenvalue weighted by molar-refractivity contribution is -0.247. The maximum absolute atomic E-state index is 13.1. The number of anilines is 1. The van der Waals surface area contributed by atoms with Crippen LogP contribution in [0, 0.1) is 0 Å². The van der Waals surface area contributed by atoms with Gasteiger partial charge in [0.15, 0.2) is 30.3 Å². The summed E-state index contributed by atoms with van der Waals surface area (Å²) in [5.74, 6) is -3.87. The normalized spacial score (nSPS) is 22.3. The van der Waals surface area contributed by atoms with Gasteiger partial charge in [0.1, 0.15) is 24.1 Å². The fourth-order valence-electron chi connectivity index (χ4n) is 3.95. The van der Waals surface area contributed by atoms with Crippen molar-refractivity contribution in [1.29, 1.82) is 0 Å². The molecular weight excluding hydrogens is 522 g/mol. The Morgan fingerprint density at radius 1 is 0.923 bits per heavy atom. The van der Waals surface area contributed by atoms with Gasteiger partial charge in [-0.3, -0.25) is 33.3 Å². The summed E-state index contributed by atoms with van der Waals surface area (Å²) in [6, 6.07) is -0.152. The summed E-state index contributed by atoms with van der Waals surface area (Å²) in [6.07, 6.45) is -6.53. The summed E-state index contributed by atoms with van der Waals surface area (Å²) in [7, 11) is 2.64. The molecule has 39 heavy (non-hydrogen) atoms. The number of rotatable bonds is 11. The molecule has 0 bridgehead atoms. The monoisotopic (exact) mass is 555 g/mol. The highest BCUT2D eigenvalue weighted by Gasteiger charge is 2.52. The highest BCUT2D eigenvalue weighted by molar-refractivity contribution is 6.00. The third-order valence-corrected chi connectivity index (χ3v) is 5.46. The largest absolute Gasteiger partial charge is 0.468 e. The number of esters is 4. The average molecular weight is 556 g/mol. The Labute approximate surface area is 224 Å². The van der Waals surface area contributed by atoms with E-state index in [1.54, 1.807) is 6.92 Å². The van der Waals surface area contributed by atoms with E-state index in [2.05, 4.69) is 10.3 Å². The van der Waals surface area contributed by atoms with Crippen LogP contribution in [-0.4, -0.2) is 83.6 Å². The number of ether oxygens (including phenoxy) is 6. The average Bonchev–Trinajstić information content (AvgIpc) is 2.83. The van der Waals surface area contributed by atoms with Gasteiger partial charge in [0.2, 0.25) is 0 Å². The number of carbonyl (C=O) groups excluding carboxylic acids is 5. The van der Waals surface area contributed by atoms with Gasteiger partial charge in [0.05, 0.1) is 7.11 Å². The number of aromatic nitrogens is 2. The Kier molecular flexibility index (Phi) is 11.0. The molecule has 1 N–H and O–H groups in total. The lowest BCUT2D eigenvalue weighted by Gasteiger charge is -2.44. The van der Waals surface area contributed by atoms with Crippen LogP contribution in [0.15, 0.2) is 4.79 Å². The molecule has 1 aliphatic heterocycles. The lowest BCUT2D eigenvalue weighted by atomic mass is 9.97. The van der Waals surface area contributed by atoms with Crippen LogP contribution in [0.4, 0.5) is 5.82 Å². The van der Waals surface area contributed by atoms with Gasteiger partial charge in [-0.15, -0.1) is 0 Å². The molecule has 0 amide bonds. The van der Waals surface area contributed by atoms with Gasteiger partial charge in [0, 0.05) is 41.2 Å². The van der Waals surface area contributed by atoms with E-state index >= 15 is 0 Å². The second-order valence-electron chi connectivity index (χ2n) is 8.62. The minimum Gasteiger partial charge on any atom is -0.468 e. The predicted molar refractivity (Wildman–Crippen MR) is 131 cm³/mol. The third kappa shape index (κ3) is 7.99. The Morgan fingerprint density at radius 2 is 1.49 bits per heavy atom. The van der Waals surface area contributed by atoms with E-state index in [-0.39, 0.29) is 23.8 Å². The number of carbonyl (C=O) groups is 5. The fourth-order valence-corrected chi connectivity index (χ4v) is 3.95. The van der Waals surface area contributed by atoms with E-state index in [9.17, 15) is 28.8 Å². The number of hydrogen-bond donors (Lipinski definition) is 1. The first-order valence-corrected chi connectivity index (χ1v) is 12.1. The molecule has 0 saturated carbocycles. The summed E-state index contributed by atoms with van der Waals surface area (Å²) >= 11 is 0. The van der Waals surface area contributed by atoms with Gasteiger partial charge >= 0.3 is 29.9 Å². The Morgan fingerprint density at radius 3 is 2.00 bits per heavy atom. The highest BCUT2D eigenvalue weighted by Crippen LogP contribution is 2.31. The zero-order chi connectivity index (χ0) is 29.4. The molecule has 15 heteroatoms. The molecule has 0 unspecified atom stereocenters. The van der Waals surface area contributed by atoms with E-state index < -0.39 is 72.5 Å². The molecule has 1 aromatic rings. The molecule has 1 aromatic heterocycles. The zero-order valence-corrected chi connectivity index (χ0v) is 22.8. The summed E-state index contributed by atoms with van der Waals surface area (Å²) in [5.41, 5.74) is -1.03. The molecule has 0 radical (unpaired) electrons. The van der Waals surface area contributed by atoms with Crippen molar-refractivity contribution >= 4 is 35.5 Å². The standard InChI is InChI=1S/C24H33N3O12/c1-8-9-15(32)17-21(26-24(34-7)27(6)23(17)33)25-22-20(38-14(5)31)19(37-13(4)30)18(36-12(3)29)16(39-22)10-35-11(2)28/h16,18-20,22,25H,8-10H2,1-7H3/t16-,18-,19+,20-,22-/m1/s1. The van der Waals surface area contributed by atoms with E-state index in [1.807, 2.05) is 0 Å². The Balaban J connectivity index is 2.69. The van der Waals surface area contributed by atoms with Crippen LogP contribution >= 0.6 is 0 Å². The van der Waals surface area contributed by atoms with Crippen LogP contribution < -0.4 is 15.6 Å². The molecular formula is C24H33N3O12. The van der Waals surface area contributed by atoms with E-state index in [1.165, 1.54) is 14.2 Å². The number of nitrogens with zero attached hydrogens (tertiary/aromatic N) is 2. The summed E-state index contributed by atoms with van der Waals surface area (Å²) in [4.78, 5) is 77.7. The first-order chi connectivity index (χ1) is 18.3. The number of methoxy groups -OCH3 is 1. The maximum Gasteiger partial charge on any atom is 0.303 e. The summed E-state index contributed by atoms with van der Waals surface area (Å²) in [5, 5.41) is 2.78. The van der Waals surface area contributed by atoms with Crippen LogP contribution in [0.3, 0.4) is 0 Å². The van der Waals surface area contributed by atoms with E-state index in [0.717, 1.165) is 32.3 Å². The Hall–Kier alpha value is -4.01.